The van der Waals surface area contributed by atoms with E-state index in [2.05, 4.69) is 30.9 Å². The minimum absolute atomic E-state index is 0.0940. The molecule has 1 aromatic carbocycles. The maximum atomic E-state index is 13.4. The highest BCUT2D eigenvalue weighted by molar-refractivity contribution is 5.79. The van der Waals surface area contributed by atoms with Gasteiger partial charge in [-0.2, -0.15) is 5.26 Å². The number of fused-ring (bicyclic) bond motifs is 4. The van der Waals surface area contributed by atoms with Gasteiger partial charge in [0.1, 0.15) is 0 Å². The molecule has 4 rings (SSSR count). The van der Waals surface area contributed by atoms with Crippen LogP contribution in [0.3, 0.4) is 0 Å². The van der Waals surface area contributed by atoms with Gasteiger partial charge < -0.3 is 9.64 Å². The maximum absolute atomic E-state index is 13.4. The van der Waals surface area contributed by atoms with Crippen molar-refractivity contribution in [1.82, 2.24) is 4.90 Å². The van der Waals surface area contributed by atoms with Crippen LogP contribution in [-0.2, 0) is 21.4 Å². The van der Waals surface area contributed by atoms with Crippen molar-refractivity contribution in [2.45, 2.75) is 69.9 Å². The number of nitrogens with zero attached hydrogens (tertiary/aromatic N) is 2. The third-order valence-corrected chi connectivity index (χ3v) is 7.77. The number of rotatable bonds is 2. The Kier molecular flexibility index (Phi) is 4.76. The molecular formula is C23H30N2O2. The van der Waals surface area contributed by atoms with Gasteiger partial charge in [-0.3, -0.25) is 4.79 Å². The number of hydrogen-bond acceptors (Lipinski definition) is 3. The second-order valence-corrected chi connectivity index (χ2v) is 8.95. The van der Waals surface area contributed by atoms with Crippen molar-refractivity contribution in [2.75, 3.05) is 13.7 Å². The molecule has 2 aliphatic carbocycles. The number of hydrogen-bond donors (Lipinski definition) is 0. The molecule has 1 heterocycles. The molecule has 0 aromatic heterocycles. The van der Waals surface area contributed by atoms with Gasteiger partial charge in [0.15, 0.2) is 0 Å². The Hall–Kier alpha value is -1.86. The highest BCUT2D eigenvalue weighted by atomic mass is 16.5. The van der Waals surface area contributed by atoms with Crippen LogP contribution in [0.25, 0.3) is 0 Å². The first-order chi connectivity index (χ1) is 13.0. The van der Waals surface area contributed by atoms with Gasteiger partial charge in [-0.1, -0.05) is 19.9 Å². The van der Waals surface area contributed by atoms with E-state index in [1.54, 1.807) is 7.11 Å². The molecule has 0 unspecified atom stereocenters. The zero-order valence-electron chi connectivity index (χ0n) is 16.7. The molecule has 2 fully saturated rings. The molecule has 0 radical (unpaired) electrons. The molecule has 144 valence electrons. The van der Waals surface area contributed by atoms with Crippen molar-refractivity contribution in [3.8, 4) is 6.07 Å². The zero-order valence-corrected chi connectivity index (χ0v) is 16.7. The summed E-state index contributed by atoms with van der Waals surface area (Å²) in [6.45, 7) is 5.52. The molecule has 3 atom stereocenters. The number of benzene rings is 1. The van der Waals surface area contributed by atoms with Gasteiger partial charge >= 0.3 is 0 Å². The second-order valence-electron chi connectivity index (χ2n) is 8.95. The average molecular weight is 367 g/mol. The summed E-state index contributed by atoms with van der Waals surface area (Å²) in [5.41, 5.74) is 3.47. The van der Waals surface area contributed by atoms with Crippen molar-refractivity contribution in [2.24, 2.45) is 11.8 Å². The van der Waals surface area contributed by atoms with Crippen molar-refractivity contribution in [3.05, 3.63) is 34.9 Å². The predicted octanol–water partition coefficient (Wildman–Crippen LogP) is 3.81. The Morgan fingerprint density at radius 3 is 2.70 bits per heavy atom. The molecule has 1 saturated carbocycles. The Morgan fingerprint density at radius 1 is 1.30 bits per heavy atom. The SMILES string of the molecule is COC1CCC(C(=O)N2CC[C@@]3(C)c4ccc(C#N)cc4C[C@@H]2[C@H]3C)CC1. The summed E-state index contributed by atoms with van der Waals surface area (Å²) in [5, 5.41) is 9.29. The third-order valence-electron chi connectivity index (χ3n) is 7.77. The van der Waals surface area contributed by atoms with Crippen molar-refractivity contribution in [3.63, 3.8) is 0 Å². The van der Waals surface area contributed by atoms with Crippen LogP contribution >= 0.6 is 0 Å². The number of carbonyl (C=O) groups excluding carboxylic acids is 1. The van der Waals surface area contributed by atoms with E-state index < -0.39 is 0 Å². The Balaban J connectivity index is 1.59. The third kappa shape index (κ3) is 2.97. The largest absolute Gasteiger partial charge is 0.381 e. The minimum atomic E-state index is 0.0940. The van der Waals surface area contributed by atoms with E-state index >= 15 is 0 Å². The number of ether oxygens (including phenoxy) is 1. The molecule has 4 nitrogen and oxygen atoms in total. The fraction of sp³-hybridized carbons (Fsp3) is 0.652. The van der Waals surface area contributed by atoms with E-state index in [0.717, 1.165) is 50.6 Å². The summed E-state index contributed by atoms with van der Waals surface area (Å²) in [6, 6.07) is 8.67. The molecule has 1 aromatic rings. The van der Waals surface area contributed by atoms with Crippen LogP contribution < -0.4 is 0 Å². The molecular weight excluding hydrogens is 336 g/mol. The van der Waals surface area contributed by atoms with Crippen molar-refractivity contribution < 1.29 is 9.53 Å². The second kappa shape index (κ2) is 6.95. The lowest BCUT2D eigenvalue weighted by Gasteiger charge is -2.55. The van der Waals surface area contributed by atoms with Crippen LogP contribution in [0.2, 0.25) is 0 Å². The number of carbonyl (C=O) groups is 1. The molecule has 0 N–H and O–H groups in total. The Bertz CT molecular complexity index is 775. The van der Waals surface area contributed by atoms with Crippen LogP contribution in [0, 0.1) is 23.2 Å². The molecule has 1 aliphatic heterocycles. The monoisotopic (exact) mass is 366 g/mol. The topological polar surface area (TPSA) is 53.3 Å². The number of nitriles is 1. The summed E-state index contributed by atoms with van der Waals surface area (Å²) in [4.78, 5) is 15.6. The fourth-order valence-corrected chi connectivity index (χ4v) is 5.78. The van der Waals surface area contributed by atoms with Gasteiger partial charge in [0.25, 0.3) is 0 Å². The highest BCUT2D eigenvalue weighted by Gasteiger charge is 2.50. The van der Waals surface area contributed by atoms with E-state index in [9.17, 15) is 10.1 Å². The van der Waals surface area contributed by atoms with Crippen LogP contribution in [-0.4, -0.2) is 36.6 Å². The fourth-order valence-electron chi connectivity index (χ4n) is 5.78. The van der Waals surface area contributed by atoms with E-state index in [-0.39, 0.29) is 17.4 Å². The van der Waals surface area contributed by atoms with Crippen LogP contribution in [0.1, 0.15) is 62.6 Å². The zero-order chi connectivity index (χ0) is 19.2. The highest BCUT2D eigenvalue weighted by Crippen LogP contribution is 2.49. The summed E-state index contributed by atoms with van der Waals surface area (Å²) in [6.07, 6.45) is 6.08. The Labute approximate surface area is 162 Å². The first-order valence-corrected chi connectivity index (χ1v) is 10.3. The average Bonchev–Trinajstić information content (AvgIpc) is 2.70. The summed E-state index contributed by atoms with van der Waals surface area (Å²) in [5.74, 6) is 0.939. The van der Waals surface area contributed by atoms with Gasteiger partial charge in [-0.25, -0.2) is 0 Å². The van der Waals surface area contributed by atoms with Crippen LogP contribution in [0.15, 0.2) is 18.2 Å². The molecule has 1 saturated heterocycles. The standard InChI is InChI=1S/C23H30N2O2/c1-15-21-13-18-12-16(14-24)4-9-20(18)23(15,2)10-11-25(21)22(26)17-5-7-19(27-3)8-6-17/h4,9,12,15,17,19,21H,5-8,10-11,13H2,1-3H3/t15-,17?,19?,21-,23-/m1/s1. The lowest BCUT2D eigenvalue weighted by molar-refractivity contribution is -0.145. The van der Waals surface area contributed by atoms with Gasteiger partial charge in [0.2, 0.25) is 5.91 Å². The lowest BCUT2D eigenvalue weighted by atomic mass is 9.58. The first-order valence-electron chi connectivity index (χ1n) is 10.3. The molecule has 2 bridgehead atoms. The van der Waals surface area contributed by atoms with Crippen molar-refractivity contribution in [1.29, 1.82) is 5.26 Å². The smallest absolute Gasteiger partial charge is 0.225 e. The minimum Gasteiger partial charge on any atom is -0.381 e. The summed E-state index contributed by atoms with van der Waals surface area (Å²) < 4.78 is 5.47. The number of piperidine rings is 1. The van der Waals surface area contributed by atoms with Gasteiger partial charge in [0.05, 0.1) is 17.7 Å². The number of likely N-dealkylation sites (tertiary alicyclic amines) is 1. The van der Waals surface area contributed by atoms with E-state index in [1.807, 2.05) is 12.1 Å². The first kappa shape index (κ1) is 18.5. The predicted molar refractivity (Wildman–Crippen MR) is 104 cm³/mol. The lowest BCUT2D eigenvalue weighted by Crippen LogP contribution is -2.60. The normalized spacial score (nSPS) is 35.3. The maximum Gasteiger partial charge on any atom is 0.225 e. The van der Waals surface area contributed by atoms with Gasteiger partial charge in [-0.05, 0) is 73.1 Å². The van der Waals surface area contributed by atoms with E-state index in [0.29, 0.717) is 17.9 Å². The summed E-state index contributed by atoms with van der Waals surface area (Å²) >= 11 is 0. The number of methoxy groups -OCH3 is 1. The number of amides is 1. The summed E-state index contributed by atoms with van der Waals surface area (Å²) in [7, 11) is 1.77. The van der Waals surface area contributed by atoms with E-state index in [1.165, 1.54) is 11.1 Å². The molecule has 4 heteroatoms. The Morgan fingerprint density at radius 2 is 2.04 bits per heavy atom. The van der Waals surface area contributed by atoms with Gasteiger partial charge in [0, 0.05) is 25.6 Å². The van der Waals surface area contributed by atoms with Crippen LogP contribution in [0.5, 0.6) is 0 Å². The molecule has 1 amide bonds. The molecule has 3 aliphatic rings. The molecule has 0 spiro atoms. The van der Waals surface area contributed by atoms with Crippen molar-refractivity contribution >= 4 is 5.91 Å². The molecule has 27 heavy (non-hydrogen) atoms. The van der Waals surface area contributed by atoms with Gasteiger partial charge in [-0.15, -0.1) is 0 Å². The van der Waals surface area contributed by atoms with Crippen LogP contribution in [0.4, 0.5) is 0 Å². The quantitative estimate of drug-likeness (QED) is 0.800. The van der Waals surface area contributed by atoms with E-state index in [4.69, 9.17) is 4.74 Å².